The van der Waals surface area contributed by atoms with Gasteiger partial charge in [0, 0.05) is 25.3 Å². The van der Waals surface area contributed by atoms with E-state index in [0.29, 0.717) is 31.6 Å². The van der Waals surface area contributed by atoms with Gasteiger partial charge in [-0.15, -0.1) is 0 Å². The number of ether oxygens (including phenoxy) is 1. The van der Waals surface area contributed by atoms with Crippen molar-refractivity contribution in [3.8, 4) is 5.75 Å². The zero-order valence-electron chi connectivity index (χ0n) is 17.3. The summed E-state index contributed by atoms with van der Waals surface area (Å²) in [6.45, 7) is 9.51. The average molecular weight is 386 g/mol. The first-order valence-corrected chi connectivity index (χ1v) is 10.0. The van der Waals surface area contributed by atoms with Crippen molar-refractivity contribution in [3.05, 3.63) is 47.3 Å². The molecule has 0 spiro atoms. The van der Waals surface area contributed by atoms with Gasteiger partial charge in [-0.3, -0.25) is 9.48 Å². The molecule has 1 unspecified atom stereocenters. The van der Waals surface area contributed by atoms with Crippen molar-refractivity contribution in [3.63, 3.8) is 0 Å². The van der Waals surface area contributed by atoms with Crippen LogP contribution in [0.25, 0.3) is 0 Å². The molecule has 3 rings (SSSR count). The normalized spacial score (nSPS) is 20.3. The van der Waals surface area contributed by atoms with E-state index in [1.165, 1.54) is 11.1 Å². The van der Waals surface area contributed by atoms with Gasteiger partial charge in [0.1, 0.15) is 23.7 Å². The number of likely N-dealkylation sites (tertiary alicyclic amines) is 1. The maximum atomic E-state index is 13.0. The van der Waals surface area contributed by atoms with E-state index in [1.54, 1.807) is 16.9 Å². The number of carbonyl (C=O) groups is 1. The number of aryl methyl sites for hydroxylation is 2. The van der Waals surface area contributed by atoms with Gasteiger partial charge in [0.05, 0.1) is 0 Å². The lowest BCUT2D eigenvalue weighted by Crippen LogP contribution is -2.38. The Labute approximate surface area is 167 Å². The number of benzene rings is 1. The number of hydrogen-bond donors (Lipinski definition) is 1. The van der Waals surface area contributed by atoms with E-state index in [0.717, 1.165) is 12.2 Å². The summed E-state index contributed by atoms with van der Waals surface area (Å²) in [4.78, 5) is 14.8. The van der Waals surface area contributed by atoms with E-state index in [9.17, 15) is 9.90 Å². The molecule has 2 aromatic rings. The fourth-order valence-corrected chi connectivity index (χ4v) is 3.60. The molecule has 0 bridgehead atoms. The molecule has 1 saturated heterocycles. The zero-order valence-corrected chi connectivity index (χ0v) is 17.3. The summed E-state index contributed by atoms with van der Waals surface area (Å²) in [5.41, 5.74) is 2.07. The van der Waals surface area contributed by atoms with E-state index in [2.05, 4.69) is 12.0 Å². The van der Waals surface area contributed by atoms with Crippen LogP contribution in [0.2, 0.25) is 0 Å². The van der Waals surface area contributed by atoms with Gasteiger partial charge >= 0.3 is 0 Å². The molecule has 1 fully saturated rings. The van der Waals surface area contributed by atoms with Crippen LogP contribution in [0.5, 0.6) is 5.75 Å². The third-order valence-electron chi connectivity index (χ3n) is 5.57. The second-order valence-electron chi connectivity index (χ2n) is 8.16. The summed E-state index contributed by atoms with van der Waals surface area (Å²) in [5, 5.41) is 15.3. The second-order valence-corrected chi connectivity index (χ2v) is 8.16. The minimum absolute atomic E-state index is 0.0227. The van der Waals surface area contributed by atoms with E-state index in [4.69, 9.17) is 4.74 Å². The molecule has 6 nitrogen and oxygen atoms in total. The van der Waals surface area contributed by atoms with Crippen molar-refractivity contribution in [2.45, 2.75) is 58.6 Å². The van der Waals surface area contributed by atoms with Crippen LogP contribution in [-0.4, -0.2) is 51.0 Å². The van der Waals surface area contributed by atoms with Gasteiger partial charge in [0.25, 0.3) is 5.91 Å². The molecule has 6 heteroatoms. The molecule has 1 aliphatic rings. The SMILES string of the molecule is Cc1ccc(OCC2(O)CCCN(C(=O)c3ccnn3C(C)C)CC2)cc1C. The Balaban J connectivity index is 1.62. The molecule has 1 aliphatic heterocycles. The number of amides is 1. The number of rotatable bonds is 5. The fraction of sp³-hybridized carbons (Fsp3) is 0.545. The fourth-order valence-electron chi connectivity index (χ4n) is 3.60. The lowest BCUT2D eigenvalue weighted by Gasteiger charge is -2.27. The molecular formula is C22H31N3O3. The minimum Gasteiger partial charge on any atom is -0.491 e. The third-order valence-corrected chi connectivity index (χ3v) is 5.57. The maximum absolute atomic E-state index is 13.0. The van der Waals surface area contributed by atoms with Crippen LogP contribution in [-0.2, 0) is 0 Å². The van der Waals surface area contributed by atoms with Crippen LogP contribution in [0.4, 0.5) is 0 Å². The zero-order chi connectivity index (χ0) is 20.3. The minimum atomic E-state index is -0.924. The van der Waals surface area contributed by atoms with Crippen molar-refractivity contribution >= 4 is 5.91 Å². The molecule has 0 radical (unpaired) electrons. The topological polar surface area (TPSA) is 67.6 Å². The highest BCUT2D eigenvalue weighted by Gasteiger charge is 2.33. The number of carbonyl (C=O) groups excluding carboxylic acids is 1. The highest BCUT2D eigenvalue weighted by molar-refractivity contribution is 5.92. The predicted octanol–water partition coefficient (Wildman–Crippen LogP) is 3.52. The Morgan fingerprint density at radius 3 is 2.71 bits per heavy atom. The monoisotopic (exact) mass is 385 g/mol. The first-order chi connectivity index (χ1) is 13.3. The maximum Gasteiger partial charge on any atom is 0.272 e. The molecule has 1 N–H and O–H groups in total. The molecule has 0 saturated carbocycles. The summed E-state index contributed by atoms with van der Waals surface area (Å²) in [6, 6.07) is 7.86. The van der Waals surface area contributed by atoms with Gasteiger partial charge < -0.3 is 14.7 Å². The first-order valence-electron chi connectivity index (χ1n) is 10.0. The van der Waals surface area contributed by atoms with Crippen molar-refractivity contribution < 1.29 is 14.6 Å². The molecule has 152 valence electrons. The van der Waals surface area contributed by atoms with Crippen molar-refractivity contribution in [2.75, 3.05) is 19.7 Å². The summed E-state index contributed by atoms with van der Waals surface area (Å²) in [5.74, 6) is 0.750. The molecule has 1 aromatic heterocycles. The smallest absolute Gasteiger partial charge is 0.272 e. The van der Waals surface area contributed by atoms with Gasteiger partial charge in [-0.05, 0) is 76.3 Å². The van der Waals surface area contributed by atoms with Gasteiger partial charge in [0.2, 0.25) is 0 Å². The van der Waals surface area contributed by atoms with Crippen molar-refractivity contribution in [1.29, 1.82) is 0 Å². The number of nitrogens with zero attached hydrogens (tertiary/aromatic N) is 3. The van der Waals surface area contributed by atoms with Crippen LogP contribution in [0, 0.1) is 13.8 Å². The van der Waals surface area contributed by atoms with Crippen LogP contribution < -0.4 is 4.74 Å². The molecular weight excluding hydrogens is 354 g/mol. The van der Waals surface area contributed by atoms with Crippen LogP contribution in [0.15, 0.2) is 30.5 Å². The summed E-state index contributed by atoms with van der Waals surface area (Å²) >= 11 is 0. The van der Waals surface area contributed by atoms with E-state index in [-0.39, 0.29) is 18.6 Å². The van der Waals surface area contributed by atoms with Crippen molar-refractivity contribution in [2.24, 2.45) is 0 Å². The number of aromatic nitrogens is 2. The number of hydrogen-bond acceptors (Lipinski definition) is 4. The predicted molar refractivity (Wildman–Crippen MR) is 109 cm³/mol. The van der Waals surface area contributed by atoms with E-state index < -0.39 is 5.60 Å². The van der Waals surface area contributed by atoms with E-state index >= 15 is 0 Å². The van der Waals surface area contributed by atoms with Gasteiger partial charge in [-0.25, -0.2) is 0 Å². The highest BCUT2D eigenvalue weighted by atomic mass is 16.5. The van der Waals surface area contributed by atoms with Crippen molar-refractivity contribution in [1.82, 2.24) is 14.7 Å². The van der Waals surface area contributed by atoms with Crippen LogP contribution in [0.1, 0.15) is 60.8 Å². The Kier molecular flexibility index (Phi) is 6.08. The Bertz CT molecular complexity index is 830. The standard InChI is InChI=1S/C22H31N3O3/c1-16(2)25-20(8-11-23-25)21(26)24-12-5-9-22(27,10-13-24)15-28-19-7-6-17(3)18(4)14-19/h6-8,11,14,16,27H,5,9-10,12-13,15H2,1-4H3. The average Bonchev–Trinajstić information content (AvgIpc) is 3.07. The summed E-state index contributed by atoms with van der Waals surface area (Å²) in [6.07, 6.45) is 3.53. The molecule has 1 amide bonds. The molecule has 1 atom stereocenters. The Morgan fingerprint density at radius 2 is 2.00 bits per heavy atom. The molecule has 2 heterocycles. The van der Waals surface area contributed by atoms with E-state index in [1.807, 2.05) is 43.9 Å². The van der Waals surface area contributed by atoms with Crippen LogP contribution >= 0.6 is 0 Å². The lowest BCUT2D eigenvalue weighted by molar-refractivity contribution is -0.0163. The second kappa shape index (κ2) is 8.35. The molecule has 0 aliphatic carbocycles. The summed E-state index contributed by atoms with van der Waals surface area (Å²) < 4.78 is 7.64. The Hall–Kier alpha value is -2.34. The molecule has 28 heavy (non-hydrogen) atoms. The first kappa shape index (κ1) is 20.4. The van der Waals surface area contributed by atoms with Crippen LogP contribution in [0.3, 0.4) is 0 Å². The summed E-state index contributed by atoms with van der Waals surface area (Å²) in [7, 11) is 0. The number of aliphatic hydroxyl groups is 1. The Morgan fingerprint density at radius 1 is 1.21 bits per heavy atom. The van der Waals surface area contributed by atoms with Gasteiger partial charge in [-0.2, -0.15) is 5.10 Å². The van der Waals surface area contributed by atoms with Gasteiger partial charge in [-0.1, -0.05) is 6.07 Å². The quantitative estimate of drug-likeness (QED) is 0.855. The van der Waals surface area contributed by atoms with Gasteiger partial charge in [0.15, 0.2) is 0 Å². The lowest BCUT2D eigenvalue weighted by atomic mass is 9.96. The molecule has 1 aromatic carbocycles. The largest absolute Gasteiger partial charge is 0.491 e. The highest BCUT2D eigenvalue weighted by Crippen LogP contribution is 2.26. The third kappa shape index (κ3) is 4.55.